The Morgan fingerprint density at radius 2 is 1.77 bits per heavy atom. The van der Waals surface area contributed by atoms with Gasteiger partial charge in [0.1, 0.15) is 17.3 Å². The molecule has 0 bridgehead atoms. The van der Waals surface area contributed by atoms with E-state index >= 15 is 0 Å². The fourth-order valence-corrected chi connectivity index (χ4v) is 3.68. The van der Waals surface area contributed by atoms with Crippen LogP contribution in [-0.2, 0) is 4.74 Å². The van der Waals surface area contributed by atoms with E-state index in [1.807, 2.05) is 24.3 Å². The monoisotopic (exact) mass is 424 g/mol. The summed E-state index contributed by atoms with van der Waals surface area (Å²) in [5.41, 5.74) is 1.80. The fraction of sp³-hybridized carbons (Fsp3) is 0.292. The number of rotatable bonds is 7. The Hall–Kier alpha value is -3.16. The second kappa shape index (κ2) is 9.76. The van der Waals surface area contributed by atoms with Crippen LogP contribution in [0, 0.1) is 5.82 Å². The van der Waals surface area contributed by atoms with Gasteiger partial charge in [0.25, 0.3) is 5.91 Å². The van der Waals surface area contributed by atoms with Gasteiger partial charge < -0.3 is 19.2 Å². The van der Waals surface area contributed by atoms with Gasteiger partial charge in [-0.05, 0) is 54.1 Å². The predicted octanol–water partition coefficient (Wildman–Crippen LogP) is 3.90. The molecular weight excluding hydrogens is 399 g/mol. The van der Waals surface area contributed by atoms with Crippen LogP contribution in [0.4, 0.5) is 4.39 Å². The molecule has 1 atom stereocenters. The van der Waals surface area contributed by atoms with Gasteiger partial charge in [-0.15, -0.1) is 0 Å². The molecule has 2 heterocycles. The zero-order valence-corrected chi connectivity index (χ0v) is 17.3. The van der Waals surface area contributed by atoms with Crippen molar-refractivity contribution >= 4 is 5.91 Å². The van der Waals surface area contributed by atoms with Crippen LogP contribution in [0.5, 0.6) is 5.75 Å². The van der Waals surface area contributed by atoms with E-state index < -0.39 is 0 Å². The maximum absolute atomic E-state index is 13.1. The topological polar surface area (TPSA) is 63.9 Å². The van der Waals surface area contributed by atoms with Gasteiger partial charge in [0.15, 0.2) is 5.76 Å². The van der Waals surface area contributed by atoms with Gasteiger partial charge in [-0.2, -0.15) is 0 Å². The van der Waals surface area contributed by atoms with Crippen molar-refractivity contribution in [3.63, 3.8) is 0 Å². The first-order valence-electron chi connectivity index (χ1n) is 10.2. The highest BCUT2D eigenvalue weighted by atomic mass is 19.1. The molecule has 1 aliphatic rings. The Kier molecular flexibility index (Phi) is 6.64. The van der Waals surface area contributed by atoms with Crippen LogP contribution in [0.1, 0.15) is 22.2 Å². The normalized spacial score (nSPS) is 15.4. The molecule has 1 N–H and O–H groups in total. The molecule has 0 saturated carbocycles. The molecule has 1 fully saturated rings. The van der Waals surface area contributed by atoms with E-state index in [0.717, 1.165) is 24.4 Å². The number of nitrogens with one attached hydrogen (secondary N) is 1. The zero-order chi connectivity index (χ0) is 21.6. The number of amides is 1. The average Bonchev–Trinajstić information content (AvgIpc) is 3.31. The lowest BCUT2D eigenvalue weighted by atomic mass is 10.0. The number of morpholine rings is 1. The highest BCUT2D eigenvalue weighted by Gasteiger charge is 2.24. The van der Waals surface area contributed by atoms with E-state index in [1.54, 1.807) is 31.4 Å². The number of hydrogen-bond donors (Lipinski definition) is 1. The molecule has 4 rings (SSSR count). The lowest BCUT2D eigenvalue weighted by molar-refractivity contribution is 0.0161. The van der Waals surface area contributed by atoms with E-state index in [9.17, 15) is 9.18 Å². The van der Waals surface area contributed by atoms with Gasteiger partial charge in [-0.1, -0.05) is 12.1 Å². The average molecular weight is 424 g/mol. The zero-order valence-electron chi connectivity index (χ0n) is 17.3. The highest BCUT2D eigenvalue weighted by Crippen LogP contribution is 2.25. The van der Waals surface area contributed by atoms with Gasteiger partial charge in [0.05, 0.1) is 26.4 Å². The second-order valence-corrected chi connectivity index (χ2v) is 7.32. The summed E-state index contributed by atoms with van der Waals surface area (Å²) in [5, 5.41) is 2.99. The molecule has 162 valence electrons. The van der Waals surface area contributed by atoms with Crippen molar-refractivity contribution in [2.75, 3.05) is 40.0 Å². The van der Waals surface area contributed by atoms with E-state index in [-0.39, 0.29) is 23.5 Å². The molecule has 0 spiro atoms. The van der Waals surface area contributed by atoms with E-state index in [2.05, 4.69) is 10.2 Å². The van der Waals surface area contributed by atoms with Crippen molar-refractivity contribution in [3.05, 3.63) is 77.8 Å². The number of hydrogen-bond acceptors (Lipinski definition) is 5. The summed E-state index contributed by atoms with van der Waals surface area (Å²) in [7, 11) is 1.64. The Morgan fingerprint density at radius 1 is 1.06 bits per heavy atom. The van der Waals surface area contributed by atoms with Crippen molar-refractivity contribution in [1.82, 2.24) is 10.2 Å². The van der Waals surface area contributed by atoms with Gasteiger partial charge in [0.2, 0.25) is 0 Å². The lowest BCUT2D eigenvalue weighted by Crippen LogP contribution is -2.43. The second-order valence-electron chi connectivity index (χ2n) is 7.32. The Morgan fingerprint density at radius 3 is 2.45 bits per heavy atom. The smallest absolute Gasteiger partial charge is 0.287 e. The van der Waals surface area contributed by atoms with Gasteiger partial charge in [0, 0.05) is 25.2 Å². The van der Waals surface area contributed by atoms with Crippen LogP contribution in [0.3, 0.4) is 0 Å². The molecule has 7 heteroatoms. The third kappa shape index (κ3) is 5.13. The summed E-state index contributed by atoms with van der Waals surface area (Å²) < 4.78 is 29.6. The number of benzene rings is 2. The molecule has 6 nitrogen and oxygen atoms in total. The number of carbonyl (C=O) groups is 1. The van der Waals surface area contributed by atoms with Gasteiger partial charge in [-0.25, -0.2) is 4.39 Å². The molecule has 1 saturated heterocycles. The van der Waals surface area contributed by atoms with Crippen molar-refractivity contribution in [2.45, 2.75) is 6.04 Å². The van der Waals surface area contributed by atoms with Crippen molar-refractivity contribution in [3.8, 4) is 17.1 Å². The number of halogens is 1. The SMILES string of the molecule is COc1ccc(C(CNC(=O)c2ccc(-c3ccc(F)cc3)o2)N2CCOCC2)cc1. The van der Waals surface area contributed by atoms with Crippen LogP contribution in [-0.4, -0.2) is 50.8 Å². The first kappa shape index (κ1) is 21.1. The first-order valence-corrected chi connectivity index (χ1v) is 10.2. The number of furan rings is 1. The summed E-state index contributed by atoms with van der Waals surface area (Å²) in [5.74, 6) is 0.915. The van der Waals surface area contributed by atoms with Crippen LogP contribution < -0.4 is 10.1 Å². The quantitative estimate of drug-likeness (QED) is 0.623. The summed E-state index contributed by atoms with van der Waals surface area (Å²) in [4.78, 5) is 15.0. The molecule has 3 aromatic rings. The number of nitrogens with zero attached hydrogens (tertiary/aromatic N) is 1. The van der Waals surface area contributed by atoms with Gasteiger partial charge >= 0.3 is 0 Å². The standard InChI is InChI=1S/C24H25FN2O4/c1-29-20-8-4-17(5-9-20)21(27-12-14-30-15-13-27)16-26-24(28)23-11-10-22(31-23)18-2-6-19(25)7-3-18/h2-11,21H,12-16H2,1H3,(H,26,28). The maximum atomic E-state index is 13.1. The minimum Gasteiger partial charge on any atom is -0.497 e. The van der Waals surface area contributed by atoms with E-state index in [4.69, 9.17) is 13.9 Å². The summed E-state index contributed by atoms with van der Waals surface area (Å²) in [6, 6.07) is 17.2. The van der Waals surface area contributed by atoms with Crippen molar-refractivity contribution in [2.24, 2.45) is 0 Å². The maximum Gasteiger partial charge on any atom is 0.287 e. The molecule has 0 radical (unpaired) electrons. The molecule has 0 aliphatic carbocycles. The fourth-order valence-electron chi connectivity index (χ4n) is 3.68. The molecule has 1 aliphatic heterocycles. The number of ether oxygens (including phenoxy) is 2. The molecule has 1 amide bonds. The Bertz CT molecular complexity index is 995. The minimum atomic E-state index is -0.319. The van der Waals surface area contributed by atoms with Gasteiger partial charge in [-0.3, -0.25) is 9.69 Å². The molecule has 1 unspecified atom stereocenters. The summed E-state index contributed by atoms with van der Waals surface area (Å²) in [6.07, 6.45) is 0. The highest BCUT2D eigenvalue weighted by molar-refractivity contribution is 5.92. The first-order chi connectivity index (χ1) is 15.1. The summed E-state index contributed by atoms with van der Waals surface area (Å²) in [6.45, 7) is 3.35. The Balaban J connectivity index is 1.46. The van der Waals surface area contributed by atoms with E-state index in [0.29, 0.717) is 31.1 Å². The van der Waals surface area contributed by atoms with Crippen molar-refractivity contribution in [1.29, 1.82) is 0 Å². The van der Waals surface area contributed by atoms with Crippen LogP contribution in [0.25, 0.3) is 11.3 Å². The largest absolute Gasteiger partial charge is 0.497 e. The predicted molar refractivity (Wildman–Crippen MR) is 115 cm³/mol. The molecule has 1 aromatic heterocycles. The van der Waals surface area contributed by atoms with Crippen LogP contribution >= 0.6 is 0 Å². The Labute approximate surface area is 180 Å². The van der Waals surface area contributed by atoms with Crippen LogP contribution in [0.15, 0.2) is 65.1 Å². The molecule has 2 aromatic carbocycles. The molecule has 31 heavy (non-hydrogen) atoms. The summed E-state index contributed by atoms with van der Waals surface area (Å²) >= 11 is 0. The van der Waals surface area contributed by atoms with Crippen molar-refractivity contribution < 1.29 is 23.1 Å². The lowest BCUT2D eigenvalue weighted by Gasteiger charge is -2.34. The molecular formula is C24H25FN2O4. The van der Waals surface area contributed by atoms with E-state index in [1.165, 1.54) is 12.1 Å². The third-order valence-electron chi connectivity index (χ3n) is 5.40. The minimum absolute atomic E-state index is 0.00490. The number of methoxy groups -OCH3 is 1. The van der Waals surface area contributed by atoms with Crippen LogP contribution in [0.2, 0.25) is 0 Å². The number of carbonyl (C=O) groups excluding carboxylic acids is 1. The third-order valence-corrected chi connectivity index (χ3v) is 5.40.